The van der Waals surface area contributed by atoms with Gasteiger partial charge in [-0.25, -0.2) is 26.3 Å². The predicted octanol–water partition coefficient (Wildman–Crippen LogP) is 8.03. The standard InChI is InChI=1S/C38H51N5O4S2Si/c1-11-28-13-12-19-37(6,24-28)49(45,46)43-20-18-30-31(16-14-27(2)34(30)43)38(7,41-48(44)36(3,4)5)35-40-32-17-15-29(25-39)23-33(32)42(35)26-47-21-22-50(8,9)10/h12-18,20,23-24,41H,11,19,21-22,26H2,1-10H3. The van der Waals surface area contributed by atoms with Gasteiger partial charge >= 0.3 is 0 Å². The summed E-state index contributed by atoms with van der Waals surface area (Å²) in [5.41, 5.74) is 3.77. The van der Waals surface area contributed by atoms with Crippen molar-refractivity contribution in [3.63, 3.8) is 0 Å². The Morgan fingerprint density at radius 3 is 2.50 bits per heavy atom. The summed E-state index contributed by atoms with van der Waals surface area (Å²) in [7, 11) is -6.85. The lowest BCUT2D eigenvalue weighted by molar-refractivity contribution is 0.0857. The summed E-state index contributed by atoms with van der Waals surface area (Å²) in [5, 5.41) is 10.5. The van der Waals surface area contributed by atoms with Crippen molar-refractivity contribution in [3.05, 3.63) is 88.9 Å². The Hall–Kier alpha value is -3.34. The highest BCUT2D eigenvalue weighted by atomic mass is 32.2. The zero-order chi connectivity index (χ0) is 36.9. The molecule has 0 aliphatic heterocycles. The first-order chi connectivity index (χ1) is 23.3. The van der Waals surface area contributed by atoms with E-state index in [1.807, 2.05) is 88.6 Å². The van der Waals surface area contributed by atoms with Crippen molar-refractivity contribution in [2.24, 2.45) is 0 Å². The second-order valence-corrected chi connectivity index (χ2v) is 25.8. The molecule has 2 aromatic carbocycles. The number of nitrogens with zero attached hydrogens (tertiary/aromatic N) is 4. The second-order valence-electron chi connectivity index (χ2n) is 15.9. The number of allylic oxidation sites excluding steroid dienone is 3. The van der Waals surface area contributed by atoms with E-state index in [1.54, 1.807) is 25.3 Å². The Morgan fingerprint density at radius 1 is 1.14 bits per heavy atom. The molecule has 1 aliphatic rings. The van der Waals surface area contributed by atoms with Gasteiger partial charge in [-0.15, -0.1) is 0 Å². The van der Waals surface area contributed by atoms with Crippen molar-refractivity contribution in [2.45, 2.75) is 109 Å². The fraction of sp³-hybridized carbons (Fsp3) is 0.474. The van der Waals surface area contributed by atoms with Crippen molar-refractivity contribution in [1.29, 1.82) is 5.26 Å². The van der Waals surface area contributed by atoms with Gasteiger partial charge in [-0.2, -0.15) is 5.26 Å². The van der Waals surface area contributed by atoms with E-state index in [2.05, 4.69) is 30.4 Å². The van der Waals surface area contributed by atoms with Crippen molar-refractivity contribution in [2.75, 3.05) is 6.61 Å². The Morgan fingerprint density at radius 2 is 1.86 bits per heavy atom. The first-order valence-electron chi connectivity index (χ1n) is 17.2. The SMILES string of the molecule is CCC1=CC(C)(S(=O)(=O)n2ccc3c(C(C)(NS(=O)C(C)(C)C)c4nc5ccc(C#N)cc5n4COCC[Si](C)(C)C)ccc(C)c32)CC=C1. The molecule has 9 nitrogen and oxygen atoms in total. The smallest absolute Gasteiger partial charge is 0.248 e. The molecule has 5 rings (SSSR count). The number of benzene rings is 2. The van der Waals surface area contributed by atoms with Gasteiger partial charge in [0, 0.05) is 26.3 Å². The Labute approximate surface area is 301 Å². The molecular formula is C38H51N5O4S2Si. The molecule has 0 saturated heterocycles. The van der Waals surface area contributed by atoms with Crippen molar-refractivity contribution < 1.29 is 17.4 Å². The summed E-state index contributed by atoms with van der Waals surface area (Å²) in [6.07, 6.45) is 8.57. The monoisotopic (exact) mass is 733 g/mol. The lowest BCUT2D eigenvalue weighted by Gasteiger charge is -2.34. The molecule has 3 unspecified atom stereocenters. The third kappa shape index (κ3) is 7.08. The van der Waals surface area contributed by atoms with E-state index >= 15 is 0 Å². The molecule has 0 amide bonds. The van der Waals surface area contributed by atoms with Crippen molar-refractivity contribution >= 4 is 51.0 Å². The molecule has 0 fully saturated rings. The number of nitriles is 1. The lowest BCUT2D eigenvalue weighted by atomic mass is 9.88. The number of ether oxygens (including phenoxy) is 1. The van der Waals surface area contributed by atoms with E-state index in [4.69, 9.17) is 9.72 Å². The average Bonchev–Trinajstić information content (AvgIpc) is 3.65. The van der Waals surface area contributed by atoms with E-state index in [9.17, 15) is 17.9 Å². The average molecular weight is 734 g/mol. The Kier molecular flexibility index (Phi) is 10.4. The second kappa shape index (κ2) is 13.7. The minimum absolute atomic E-state index is 0.174. The van der Waals surface area contributed by atoms with E-state index in [1.165, 1.54) is 3.97 Å². The van der Waals surface area contributed by atoms with Crippen LogP contribution in [0.25, 0.3) is 21.9 Å². The molecule has 2 aromatic heterocycles. The van der Waals surface area contributed by atoms with Gasteiger partial charge in [0.1, 0.15) is 22.8 Å². The molecule has 2 heterocycles. The van der Waals surface area contributed by atoms with Crippen LogP contribution in [0.3, 0.4) is 0 Å². The Bertz CT molecular complexity index is 2180. The minimum atomic E-state index is -3.91. The summed E-state index contributed by atoms with van der Waals surface area (Å²) in [6.45, 7) is 21.0. The molecular weight excluding hydrogens is 683 g/mol. The number of hydrogen-bond donors (Lipinski definition) is 1. The molecule has 268 valence electrons. The van der Waals surface area contributed by atoms with Crippen LogP contribution < -0.4 is 4.72 Å². The van der Waals surface area contributed by atoms with Gasteiger partial charge in [-0.3, -0.25) is 0 Å². The molecule has 0 saturated carbocycles. The summed E-state index contributed by atoms with van der Waals surface area (Å²) in [4.78, 5) is 5.13. The van der Waals surface area contributed by atoms with E-state index < -0.39 is 44.1 Å². The summed E-state index contributed by atoms with van der Waals surface area (Å²) < 4.78 is 54.6. The van der Waals surface area contributed by atoms with Crippen LogP contribution in [0.4, 0.5) is 0 Å². The first-order valence-corrected chi connectivity index (χ1v) is 23.5. The van der Waals surface area contributed by atoms with E-state index in [0.29, 0.717) is 40.8 Å². The number of hydrogen-bond acceptors (Lipinski definition) is 6. The summed E-state index contributed by atoms with van der Waals surface area (Å²) in [6, 6.07) is 14.3. The highest BCUT2D eigenvalue weighted by Gasteiger charge is 2.43. The molecule has 1 N–H and O–H groups in total. The summed E-state index contributed by atoms with van der Waals surface area (Å²) in [5.74, 6) is 0.550. The van der Waals surface area contributed by atoms with Gasteiger partial charge in [0.25, 0.3) is 0 Å². The lowest BCUT2D eigenvalue weighted by Crippen LogP contribution is -2.48. The third-order valence-electron chi connectivity index (χ3n) is 9.55. The molecule has 1 aliphatic carbocycles. The highest BCUT2D eigenvalue weighted by Crippen LogP contribution is 2.41. The van der Waals surface area contributed by atoms with Crippen molar-refractivity contribution in [1.82, 2.24) is 18.2 Å². The van der Waals surface area contributed by atoms with Crippen molar-refractivity contribution in [3.8, 4) is 6.07 Å². The topological polar surface area (TPSA) is 119 Å². The van der Waals surface area contributed by atoms with Gasteiger partial charge in [-0.05, 0) is 95.8 Å². The molecule has 3 atom stereocenters. The molecule has 12 heteroatoms. The van der Waals surface area contributed by atoms with E-state index in [0.717, 1.165) is 34.7 Å². The van der Waals surface area contributed by atoms with Crippen LogP contribution in [0.2, 0.25) is 25.7 Å². The molecule has 50 heavy (non-hydrogen) atoms. The highest BCUT2D eigenvalue weighted by molar-refractivity contribution is 7.91. The zero-order valence-electron chi connectivity index (χ0n) is 31.0. The maximum atomic E-state index is 14.6. The maximum Gasteiger partial charge on any atom is 0.248 e. The molecule has 0 spiro atoms. The van der Waals surface area contributed by atoms with Gasteiger partial charge in [-0.1, -0.05) is 62.5 Å². The number of rotatable bonds is 12. The number of imidazole rings is 1. The largest absolute Gasteiger partial charge is 0.361 e. The zero-order valence-corrected chi connectivity index (χ0v) is 33.7. The van der Waals surface area contributed by atoms with Gasteiger partial charge < -0.3 is 9.30 Å². The fourth-order valence-corrected chi connectivity index (χ4v) is 9.79. The van der Waals surface area contributed by atoms with E-state index in [-0.39, 0.29) is 6.73 Å². The fourth-order valence-electron chi connectivity index (χ4n) is 6.40. The number of nitrogens with one attached hydrogen (secondary N) is 1. The third-order valence-corrected chi connectivity index (χ3v) is 15.2. The number of aryl methyl sites for hydroxylation is 1. The minimum Gasteiger partial charge on any atom is -0.361 e. The maximum absolute atomic E-state index is 14.6. The van der Waals surface area contributed by atoms with Crippen LogP contribution >= 0.6 is 0 Å². The van der Waals surface area contributed by atoms with Crippen LogP contribution in [0, 0.1) is 18.3 Å². The van der Waals surface area contributed by atoms with Gasteiger partial charge in [0.15, 0.2) is 0 Å². The van der Waals surface area contributed by atoms with Crippen LogP contribution in [-0.2, 0) is 38.0 Å². The van der Waals surface area contributed by atoms with Gasteiger partial charge in [0.2, 0.25) is 10.0 Å². The Balaban J connectivity index is 1.77. The van der Waals surface area contributed by atoms with Gasteiger partial charge in [0.05, 0.1) is 43.9 Å². The van der Waals surface area contributed by atoms with Crippen LogP contribution in [0.15, 0.2) is 66.4 Å². The van der Waals surface area contributed by atoms with Crippen LogP contribution in [0.1, 0.15) is 76.9 Å². The molecule has 4 aromatic rings. The quantitative estimate of drug-likeness (QED) is 0.116. The number of aromatic nitrogens is 3. The van der Waals surface area contributed by atoms with Crippen LogP contribution in [-0.4, -0.2) is 50.3 Å². The normalized spacial score (nSPS) is 19.0. The predicted molar refractivity (Wildman–Crippen MR) is 208 cm³/mol. The van der Waals surface area contributed by atoms with Crippen LogP contribution in [0.5, 0.6) is 0 Å². The molecule has 0 bridgehead atoms. The number of fused-ring (bicyclic) bond motifs is 2. The first kappa shape index (κ1) is 37.9. The summed E-state index contributed by atoms with van der Waals surface area (Å²) >= 11 is 0. The molecule has 0 radical (unpaired) electrons.